The van der Waals surface area contributed by atoms with E-state index in [1.807, 2.05) is 36.4 Å². The number of nitrogens with two attached hydrogens (primary N) is 2. The Hall–Kier alpha value is -3.23. The minimum absolute atomic E-state index is 0.0776. The maximum absolute atomic E-state index is 8.26. The molecule has 5 N–H and O–H groups in total. The summed E-state index contributed by atoms with van der Waals surface area (Å²) in [6.45, 7) is 7.52. The zero-order chi connectivity index (χ0) is 18.7. The molecule has 130 valence electrons. The molecule has 0 amide bonds. The van der Waals surface area contributed by atoms with Crippen molar-refractivity contribution in [1.29, 1.82) is 5.41 Å². The number of halogens is 1. The molecule has 0 aromatic heterocycles. The van der Waals surface area contributed by atoms with Crippen molar-refractivity contribution in [1.82, 2.24) is 0 Å². The van der Waals surface area contributed by atoms with E-state index in [2.05, 4.69) is 4.85 Å². The van der Waals surface area contributed by atoms with E-state index in [9.17, 15) is 0 Å². The van der Waals surface area contributed by atoms with E-state index in [1.165, 1.54) is 0 Å². The molecule has 2 aromatic carbocycles. The summed E-state index contributed by atoms with van der Waals surface area (Å²) < 4.78 is 5.30. The first kappa shape index (κ1) is 17.6. The minimum atomic E-state index is -0.587. The third-order valence-corrected chi connectivity index (χ3v) is 4.39. The zero-order valence-electron chi connectivity index (χ0n) is 13.9. The number of hydrogen-bond acceptors (Lipinski definition) is 4. The monoisotopic (exact) mass is 364 g/mol. The standard InChI is InChI=1S/C20H17ClN4O/c1-25-18-16(13-8-5-9-14(21)11-13)17(19(23)26-20(18)24)15(22)10-12-6-3-2-4-7-12/h2-9,11,16,23H,10,22,24H2. The van der Waals surface area contributed by atoms with E-state index in [4.69, 9.17) is 39.8 Å². The fourth-order valence-corrected chi connectivity index (χ4v) is 3.20. The van der Waals surface area contributed by atoms with Gasteiger partial charge in [-0.25, -0.2) is 4.85 Å². The van der Waals surface area contributed by atoms with Crippen LogP contribution in [0.4, 0.5) is 0 Å². The van der Waals surface area contributed by atoms with Gasteiger partial charge >= 0.3 is 0 Å². The van der Waals surface area contributed by atoms with Gasteiger partial charge in [0.2, 0.25) is 11.6 Å². The average Bonchev–Trinajstić information content (AvgIpc) is 2.61. The van der Waals surface area contributed by atoms with Gasteiger partial charge in [-0.3, -0.25) is 5.41 Å². The van der Waals surface area contributed by atoms with Crippen molar-refractivity contribution in [3.05, 3.63) is 105 Å². The van der Waals surface area contributed by atoms with Gasteiger partial charge in [-0.15, -0.1) is 0 Å². The summed E-state index contributed by atoms with van der Waals surface area (Å²) >= 11 is 6.13. The van der Waals surface area contributed by atoms with Crippen molar-refractivity contribution < 1.29 is 4.74 Å². The van der Waals surface area contributed by atoms with Gasteiger partial charge in [0, 0.05) is 22.7 Å². The highest BCUT2D eigenvalue weighted by atomic mass is 35.5. The fraction of sp³-hybridized carbons (Fsp3) is 0.100. The van der Waals surface area contributed by atoms with Gasteiger partial charge in [0.15, 0.2) is 5.88 Å². The first-order chi connectivity index (χ1) is 12.5. The SMILES string of the molecule is [C-]#[N+]C1=C(N)OC(=N)C(=C(N)Cc2ccccc2)C1c1cccc(Cl)c1. The number of ether oxygens (including phenoxy) is 1. The summed E-state index contributed by atoms with van der Waals surface area (Å²) in [7, 11) is 0. The molecule has 0 saturated heterocycles. The lowest BCUT2D eigenvalue weighted by Gasteiger charge is -2.28. The maximum Gasteiger partial charge on any atom is 0.235 e. The molecule has 1 aliphatic rings. The number of nitrogens with zero attached hydrogens (tertiary/aromatic N) is 1. The topological polar surface area (TPSA) is 89.5 Å². The van der Waals surface area contributed by atoms with Gasteiger partial charge < -0.3 is 16.2 Å². The Morgan fingerprint density at radius 1 is 1.19 bits per heavy atom. The fourth-order valence-electron chi connectivity index (χ4n) is 3.00. The highest BCUT2D eigenvalue weighted by molar-refractivity contribution is 6.30. The Morgan fingerprint density at radius 2 is 1.92 bits per heavy atom. The summed E-state index contributed by atoms with van der Waals surface area (Å²) in [5.41, 5.74) is 15.1. The average molecular weight is 365 g/mol. The molecule has 1 aliphatic heterocycles. The molecule has 1 atom stereocenters. The van der Waals surface area contributed by atoms with Crippen LogP contribution in [-0.4, -0.2) is 5.90 Å². The van der Waals surface area contributed by atoms with Gasteiger partial charge in [-0.1, -0.05) is 54.1 Å². The highest BCUT2D eigenvalue weighted by Gasteiger charge is 2.35. The predicted molar refractivity (Wildman–Crippen MR) is 102 cm³/mol. The lowest BCUT2D eigenvalue weighted by Crippen LogP contribution is -2.29. The Bertz CT molecular complexity index is 957. The van der Waals surface area contributed by atoms with E-state index >= 15 is 0 Å². The Labute approximate surface area is 156 Å². The van der Waals surface area contributed by atoms with E-state index in [0.29, 0.717) is 22.7 Å². The van der Waals surface area contributed by atoms with Crippen LogP contribution in [0.15, 0.2) is 77.4 Å². The molecule has 6 heteroatoms. The molecule has 0 bridgehead atoms. The van der Waals surface area contributed by atoms with Crippen molar-refractivity contribution in [2.45, 2.75) is 12.3 Å². The quantitative estimate of drug-likeness (QED) is 0.721. The number of rotatable bonds is 3. The molecule has 2 aromatic rings. The summed E-state index contributed by atoms with van der Waals surface area (Å²) in [5, 5.41) is 8.79. The Morgan fingerprint density at radius 3 is 2.58 bits per heavy atom. The highest BCUT2D eigenvalue weighted by Crippen LogP contribution is 2.40. The number of nitrogens with one attached hydrogen (secondary N) is 1. The Balaban J connectivity index is 2.15. The molecule has 0 aliphatic carbocycles. The number of benzene rings is 2. The van der Waals surface area contributed by atoms with Gasteiger partial charge in [0.05, 0.1) is 12.5 Å². The number of allylic oxidation sites excluding steroid dienone is 2. The van der Waals surface area contributed by atoms with Crippen LogP contribution in [0.2, 0.25) is 5.02 Å². The van der Waals surface area contributed by atoms with Crippen LogP contribution in [0.5, 0.6) is 0 Å². The van der Waals surface area contributed by atoms with Crippen molar-refractivity contribution in [3.63, 3.8) is 0 Å². The second kappa shape index (κ2) is 7.34. The zero-order valence-corrected chi connectivity index (χ0v) is 14.6. The van der Waals surface area contributed by atoms with E-state index in [0.717, 1.165) is 11.1 Å². The van der Waals surface area contributed by atoms with Gasteiger partial charge in [-0.2, -0.15) is 0 Å². The van der Waals surface area contributed by atoms with E-state index in [1.54, 1.807) is 18.2 Å². The van der Waals surface area contributed by atoms with Crippen LogP contribution in [0.25, 0.3) is 4.85 Å². The van der Waals surface area contributed by atoms with Gasteiger partial charge in [-0.05, 0) is 23.3 Å². The molecular formula is C20H17ClN4O. The van der Waals surface area contributed by atoms with Crippen LogP contribution in [0, 0.1) is 12.0 Å². The summed E-state index contributed by atoms with van der Waals surface area (Å²) in [4.78, 5) is 3.54. The van der Waals surface area contributed by atoms with Crippen LogP contribution >= 0.6 is 11.6 Å². The molecule has 0 spiro atoms. The Kier molecular flexibility index (Phi) is 4.97. The molecule has 26 heavy (non-hydrogen) atoms. The van der Waals surface area contributed by atoms with Crippen LogP contribution in [-0.2, 0) is 11.2 Å². The second-order valence-electron chi connectivity index (χ2n) is 5.88. The molecule has 0 fully saturated rings. The van der Waals surface area contributed by atoms with Crippen molar-refractivity contribution >= 4 is 17.5 Å². The van der Waals surface area contributed by atoms with E-state index < -0.39 is 5.92 Å². The molecule has 5 nitrogen and oxygen atoms in total. The second-order valence-corrected chi connectivity index (χ2v) is 6.32. The maximum atomic E-state index is 8.26. The largest absolute Gasteiger partial charge is 0.434 e. The molecule has 0 saturated carbocycles. The smallest absolute Gasteiger partial charge is 0.235 e. The third-order valence-electron chi connectivity index (χ3n) is 4.16. The summed E-state index contributed by atoms with van der Waals surface area (Å²) in [5.74, 6) is -0.810. The molecule has 3 rings (SSSR count). The molecule has 1 heterocycles. The number of hydrogen-bond donors (Lipinski definition) is 3. The lowest BCUT2D eigenvalue weighted by molar-refractivity contribution is 0.382. The summed E-state index contributed by atoms with van der Waals surface area (Å²) in [6.07, 6.45) is 0.435. The van der Waals surface area contributed by atoms with E-state index in [-0.39, 0.29) is 17.5 Å². The summed E-state index contributed by atoms with van der Waals surface area (Å²) in [6, 6.07) is 16.8. The van der Waals surface area contributed by atoms with Crippen molar-refractivity contribution in [2.75, 3.05) is 0 Å². The molecular weight excluding hydrogens is 348 g/mol. The first-order valence-electron chi connectivity index (χ1n) is 7.93. The third kappa shape index (κ3) is 3.41. The van der Waals surface area contributed by atoms with Crippen molar-refractivity contribution in [2.24, 2.45) is 11.5 Å². The van der Waals surface area contributed by atoms with Crippen LogP contribution in [0.3, 0.4) is 0 Å². The molecule has 0 radical (unpaired) electrons. The van der Waals surface area contributed by atoms with Crippen LogP contribution < -0.4 is 11.5 Å². The van der Waals surface area contributed by atoms with Gasteiger partial charge in [0.1, 0.15) is 0 Å². The lowest BCUT2D eigenvalue weighted by atomic mass is 9.84. The van der Waals surface area contributed by atoms with Crippen molar-refractivity contribution in [3.8, 4) is 0 Å². The molecule has 1 unspecified atom stereocenters. The minimum Gasteiger partial charge on any atom is -0.434 e. The predicted octanol–water partition coefficient (Wildman–Crippen LogP) is 3.93. The normalized spacial score (nSPS) is 18.9. The van der Waals surface area contributed by atoms with Crippen LogP contribution in [0.1, 0.15) is 17.0 Å². The first-order valence-corrected chi connectivity index (χ1v) is 8.30. The van der Waals surface area contributed by atoms with Gasteiger partial charge in [0.25, 0.3) is 0 Å².